The summed E-state index contributed by atoms with van der Waals surface area (Å²) in [5.41, 5.74) is 9.94. The topological polar surface area (TPSA) is 52.0 Å². The molecular weight excluding hydrogens is 248 g/mol. The van der Waals surface area contributed by atoms with Gasteiger partial charge in [0.05, 0.1) is 6.54 Å². The van der Waals surface area contributed by atoms with Crippen LogP contribution in [0.2, 0.25) is 0 Å². The highest BCUT2D eigenvalue weighted by molar-refractivity contribution is 5.69. The Morgan fingerprint density at radius 3 is 2.15 bits per heavy atom. The maximum Gasteiger partial charge on any atom is 0.191 e. The first-order valence-electron chi connectivity index (χ1n) is 6.60. The van der Waals surface area contributed by atoms with Crippen molar-refractivity contribution in [3.05, 3.63) is 66.2 Å². The fraction of sp³-hybridized carbons (Fsp3) is 0.118. The molecular formula is C17H16N2O. The molecule has 0 amide bonds. The average Bonchev–Trinajstić information content (AvgIpc) is 2.89. The molecule has 3 nitrogen and oxygen atoms in total. The quantitative estimate of drug-likeness (QED) is 0.783. The lowest BCUT2D eigenvalue weighted by Crippen LogP contribution is -1.96. The Balaban J connectivity index is 1.97. The molecule has 3 heteroatoms. The van der Waals surface area contributed by atoms with Crippen LogP contribution in [0, 0.1) is 6.92 Å². The summed E-state index contributed by atoms with van der Waals surface area (Å²) in [6.07, 6.45) is 0. The van der Waals surface area contributed by atoms with Crippen molar-refractivity contribution in [2.75, 3.05) is 0 Å². The summed E-state index contributed by atoms with van der Waals surface area (Å²) in [6, 6.07) is 18.6. The van der Waals surface area contributed by atoms with Gasteiger partial charge in [-0.05, 0) is 11.1 Å². The molecule has 0 spiro atoms. The van der Waals surface area contributed by atoms with Gasteiger partial charge in [0.15, 0.2) is 5.89 Å². The first-order chi connectivity index (χ1) is 9.78. The van der Waals surface area contributed by atoms with E-state index < -0.39 is 0 Å². The van der Waals surface area contributed by atoms with E-state index in [4.69, 9.17) is 10.2 Å². The number of aromatic nitrogens is 1. The van der Waals surface area contributed by atoms with Crippen LogP contribution in [0.5, 0.6) is 0 Å². The zero-order valence-corrected chi connectivity index (χ0v) is 11.3. The zero-order chi connectivity index (χ0) is 13.9. The summed E-state index contributed by atoms with van der Waals surface area (Å²) in [5.74, 6) is 1.38. The maximum atomic E-state index is 5.69. The molecule has 0 saturated heterocycles. The van der Waals surface area contributed by atoms with E-state index in [-0.39, 0.29) is 0 Å². The number of rotatable bonds is 3. The summed E-state index contributed by atoms with van der Waals surface area (Å²) in [4.78, 5) is 4.41. The fourth-order valence-corrected chi connectivity index (χ4v) is 2.28. The first kappa shape index (κ1) is 12.6. The highest BCUT2D eigenvalue weighted by Gasteiger charge is 2.11. The second-order valence-electron chi connectivity index (χ2n) is 4.65. The number of nitrogens with zero attached hydrogens (tertiary/aromatic N) is 1. The van der Waals surface area contributed by atoms with Gasteiger partial charge in [0, 0.05) is 12.5 Å². The molecule has 3 rings (SSSR count). The Bertz CT molecular complexity index is 700. The molecule has 0 aliphatic rings. The predicted molar refractivity (Wildman–Crippen MR) is 80.0 cm³/mol. The van der Waals surface area contributed by atoms with Crippen molar-refractivity contribution in [1.82, 2.24) is 4.98 Å². The minimum atomic E-state index is 0.358. The highest BCUT2D eigenvalue weighted by atomic mass is 16.4. The van der Waals surface area contributed by atoms with Gasteiger partial charge in [-0.3, -0.25) is 0 Å². The molecule has 0 aliphatic heterocycles. The highest BCUT2D eigenvalue weighted by Crippen LogP contribution is 2.26. The van der Waals surface area contributed by atoms with Gasteiger partial charge < -0.3 is 10.2 Å². The maximum absolute atomic E-state index is 5.69. The monoisotopic (exact) mass is 264 g/mol. The molecule has 0 radical (unpaired) electrons. The molecule has 1 heterocycles. The third-order valence-corrected chi connectivity index (χ3v) is 3.26. The van der Waals surface area contributed by atoms with Crippen molar-refractivity contribution >= 4 is 0 Å². The van der Waals surface area contributed by atoms with Crippen LogP contribution in [-0.4, -0.2) is 4.98 Å². The van der Waals surface area contributed by atoms with Gasteiger partial charge in [-0.25, -0.2) is 4.98 Å². The van der Waals surface area contributed by atoms with Crippen LogP contribution in [0.25, 0.3) is 22.4 Å². The normalized spacial score (nSPS) is 10.7. The fourth-order valence-electron chi connectivity index (χ4n) is 2.28. The van der Waals surface area contributed by atoms with Crippen LogP contribution >= 0.6 is 0 Å². The lowest BCUT2D eigenvalue weighted by atomic mass is 10.0. The Morgan fingerprint density at radius 2 is 1.50 bits per heavy atom. The van der Waals surface area contributed by atoms with Crippen LogP contribution in [0.3, 0.4) is 0 Å². The minimum Gasteiger partial charge on any atom is -0.444 e. The molecule has 2 N–H and O–H groups in total. The SMILES string of the molecule is Cc1nc(-c2ccc(-c3ccccc3)cc2)c(CN)o1. The van der Waals surface area contributed by atoms with Gasteiger partial charge in [0.1, 0.15) is 11.5 Å². The predicted octanol–water partition coefficient (Wildman–Crippen LogP) is 3.78. The van der Waals surface area contributed by atoms with Gasteiger partial charge in [0.25, 0.3) is 0 Å². The third kappa shape index (κ3) is 2.36. The molecule has 0 unspecified atom stereocenters. The summed E-state index contributed by atoms with van der Waals surface area (Å²) < 4.78 is 5.50. The Hall–Kier alpha value is -2.39. The summed E-state index contributed by atoms with van der Waals surface area (Å²) in [6.45, 7) is 2.19. The van der Waals surface area contributed by atoms with E-state index in [1.165, 1.54) is 11.1 Å². The molecule has 0 fully saturated rings. The summed E-state index contributed by atoms with van der Waals surface area (Å²) in [5, 5.41) is 0. The van der Waals surface area contributed by atoms with Gasteiger partial charge in [0.2, 0.25) is 0 Å². The van der Waals surface area contributed by atoms with Crippen LogP contribution in [-0.2, 0) is 6.54 Å². The number of oxazole rings is 1. The second-order valence-corrected chi connectivity index (χ2v) is 4.65. The van der Waals surface area contributed by atoms with E-state index in [9.17, 15) is 0 Å². The minimum absolute atomic E-state index is 0.358. The lowest BCUT2D eigenvalue weighted by Gasteiger charge is -2.03. The lowest BCUT2D eigenvalue weighted by molar-refractivity contribution is 0.477. The molecule has 100 valence electrons. The Kier molecular flexibility index (Phi) is 3.35. The summed E-state index contributed by atoms with van der Waals surface area (Å²) in [7, 11) is 0. The molecule has 1 aromatic heterocycles. The van der Waals surface area contributed by atoms with Crippen LogP contribution < -0.4 is 5.73 Å². The standard InChI is InChI=1S/C17H16N2O/c1-12-19-17(16(11-18)20-12)15-9-7-14(8-10-15)13-5-3-2-4-6-13/h2-10H,11,18H2,1H3. The van der Waals surface area contributed by atoms with Gasteiger partial charge in [-0.15, -0.1) is 0 Å². The zero-order valence-electron chi connectivity index (χ0n) is 11.3. The number of aryl methyl sites for hydroxylation is 1. The van der Waals surface area contributed by atoms with Crippen molar-refractivity contribution < 1.29 is 4.42 Å². The molecule has 0 aliphatic carbocycles. The molecule has 0 saturated carbocycles. The summed E-state index contributed by atoms with van der Waals surface area (Å²) >= 11 is 0. The van der Waals surface area contributed by atoms with E-state index in [2.05, 4.69) is 41.4 Å². The largest absolute Gasteiger partial charge is 0.444 e. The van der Waals surface area contributed by atoms with Crippen molar-refractivity contribution in [3.63, 3.8) is 0 Å². The van der Waals surface area contributed by atoms with Crippen molar-refractivity contribution in [3.8, 4) is 22.4 Å². The average molecular weight is 264 g/mol. The van der Waals surface area contributed by atoms with Crippen molar-refractivity contribution in [1.29, 1.82) is 0 Å². The molecule has 2 aromatic carbocycles. The third-order valence-electron chi connectivity index (χ3n) is 3.26. The molecule has 3 aromatic rings. The Morgan fingerprint density at radius 1 is 0.900 bits per heavy atom. The molecule has 0 atom stereocenters. The van der Waals surface area contributed by atoms with Crippen molar-refractivity contribution in [2.24, 2.45) is 5.73 Å². The van der Waals surface area contributed by atoms with E-state index >= 15 is 0 Å². The Labute approximate surface area is 118 Å². The second kappa shape index (κ2) is 5.31. The number of nitrogens with two attached hydrogens (primary N) is 1. The van der Waals surface area contributed by atoms with E-state index in [0.29, 0.717) is 12.4 Å². The smallest absolute Gasteiger partial charge is 0.191 e. The number of benzene rings is 2. The molecule has 20 heavy (non-hydrogen) atoms. The van der Waals surface area contributed by atoms with Gasteiger partial charge >= 0.3 is 0 Å². The van der Waals surface area contributed by atoms with Crippen LogP contribution in [0.1, 0.15) is 11.7 Å². The van der Waals surface area contributed by atoms with Crippen molar-refractivity contribution in [2.45, 2.75) is 13.5 Å². The van der Waals surface area contributed by atoms with Crippen LogP contribution in [0.4, 0.5) is 0 Å². The first-order valence-corrected chi connectivity index (χ1v) is 6.60. The van der Waals surface area contributed by atoms with E-state index in [1.807, 2.05) is 25.1 Å². The number of hydrogen-bond donors (Lipinski definition) is 1. The number of hydrogen-bond acceptors (Lipinski definition) is 3. The van der Waals surface area contributed by atoms with E-state index in [1.54, 1.807) is 0 Å². The molecule has 0 bridgehead atoms. The van der Waals surface area contributed by atoms with Gasteiger partial charge in [-0.2, -0.15) is 0 Å². The van der Waals surface area contributed by atoms with Crippen LogP contribution in [0.15, 0.2) is 59.0 Å². The van der Waals surface area contributed by atoms with Gasteiger partial charge in [-0.1, -0.05) is 54.6 Å². The van der Waals surface area contributed by atoms with E-state index in [0.717, 1.165) is 17.0 Å².